The lowest BCUT2D eigenvalue weighted by Gasteiger charge is -2.14. The number of aromatic amines is 1. The molecule has 0 bridgehead atoms. The Hall–Kier alpha value is -3.19. The Bertz CT molecular complexity index is 1160. The summed E-state index contributed by atoms with van der Waals surface area (Å²) in [6.07, 6.45) is 2.68. The largest absolute Gasteiger partial charge is 0.361 e. The fourth-order valence-corrected chi connectivity index (χ4v) is 3.87. The second-order valence-corrected chi connectivity index (χ2v) is 7.50. The number of hydrogen-bond donors (Lipinski definition) is 2. The number of H-pyrrole nitrogens is 1. The van der Waals surface area contributed by atoms with Crippen LogP contribution >= 0.6 is 11.3 Å². The van der Waals surface area contributed by atoms with Gasteiger partial charge in [-0.1, -0.05) is 24.3 Å². The minimum Gasteiger partial charge on any atom is -0.361 e. The maximum Gasteiger partial charge on any atom is 0.267 e. The molecular weight excluding hydrogens is 372 g/mol. The summed E-state index contributed by atoms with van der Waals surface area (Å²) in [7, 11) is 0. The lowest BCUT2D eigenvalue weighted by molar-refractivity contribution is -0.124. The molecule has 0 radical (unpaired) electrons. The van der Waals surface area contributed by atoms with Crippen LogP contribution in [0, 0.1) is 0 Å². The van der Waals surface area contributed by atoms with Gasteiger partial charge in [0.2, 0.25) is 5.91 Å². The molecule has 142 valence electrons. The second-order valence-electron chi connectivity index (χ2n) is 6.56. The zero-order chi connectivity index (χ0) is 19.5. The van der Waals surface area contributed by atoms with E-state index >= 15 is 0 Å². The molecule has 4 rings (SSSR count). The number of carbonyl (C=O) groups excluding carboxylic acids is 1. The number of aromatic nitrogens is 3. The Morgan fingerprint density at radius 1 is 1.21 bits per heavy atom. The average Bonchev–Trinajstić information content (AvgIpc) is 3.38. The first-order valence-corrected chi connectivity index (χ1v) is 9.98. The predicted molar refractivity (Wildman–Crippen MR) is 112 cm³/mol. The normalized spacial score (nSPS) is 12.2. The van der Waals surface area contributed by atoms with Crippen molar-refractivity contribution >= 4 is 28.1 Å². The number of para-hydroxylation sites is 1. The van der Waals surface area contributed by atoms with Gasteiger partial charge >= 0.3 is 0 Å². The summed E-state index contributed by atoms with van der Waals surface area (Å²) in [6.45, 7) is 2.18. The van der Waals surface area contributed by atoms with Gasteiger partial charge in [-0.15, -0.1) is 11.3 Å². The molecule has 0 fully saturated rings. The van der Waals surface area contributed by atoms with Gasteiger partial charge in [-0.2, -0.15) is 5.10 Å². The van der Waals surface area contributed by atoms with E-state index in [1.807, 2.05) is 41.9 Å². The third-order valence-electron chi connectivity index (χ3n) is 4.71. The van der Waals surface area contributed by atoms with Crippen LogP contribution in [0.25, 0.3) is 21.5 Å². The number of amides is 1. The highest BCUT2D eigenvalue weighted by atomic mass is 32.1. The Morgan fingerprint density at radius 3 is 2.89 bits per heavy atom. The van der Waals surface area contributed by atoms with Gasteiger partial charge in [0, 0.05) is 29.7 Å². The zero-order valence-corrected chi connectivity index (χ0v) is 16.2. The van der Waals surface area contributed by atoms with Crippen molar-refractivity contribution in [3.63, 3.8) is 0 Å². The quantitative estimate of drug-likeness (QED) is 0.528. The van der Waals surface area contributed by atoms with Crippen LogP contribution in [0.15, 0.2) is 64.9 Å². The Balaban J connectivity index is 1.43. The van der Waals surface area contributed by atoms with Crippen LogP contribution in [0.1, 0.15) is 18.5 Å². The molecule has 0 spiro atoms. The molecule has 1 amide bonds. The van der Waals surface area contributed by atoms with E-state index in [2.05, 4.69) is 21.5 Å². The second kappa shape index (κ2) is 7.82. The molecule has 3 aromatic heterocycles. The number of nitrogens with zero attached hydrogens (tertiary/aromatic N) is 2. The van der Waals surface area contributed by atoms with Gasteiger partial charge in [-0.3, -0.25) is 9.59 Å². The van der Waals surface area contributed by atoms with E-state index in [1.54, 1.807) is 24.3 Å². The Labute approximate surface area is 165 Å². The smallest absolute Gasteiger partial charge is 0.267 e. The molecular formula is C21H20N4O2S. The summed E-state index contributed by atoms with van der Waals surface area (Å²) in [6, 6.07) is 14.4. The molecule has 2 N–H and O–H groups in total. The summed E-state index contributed by atoms with van der Waals surface area (Å²) in [5, 5.41) is 10.4. The monoisotopic (exact) mass is 392 g/mol. The lowest BCUT2D eigenvalue weighted by atomic mass is 10.1. The van der Waals surface area contributed by atoms with E-state index in [4.69, 9.17) is 0 Å². The molecule has 3 heterocycles. The fourth-order valence-electron chi connectivity index (χ4n) is 3.18. The van der Waals surface area contributed by atoms with Crippen molar-refractivity contribution in [2.24, 2.45) is 0 Å². The lowest BCUT2D eigenvalue weighted by Crippen LogP contribution is -2.37. The van der Waals surface area contributed by atoms with Crippen LogP contribution < -0.4 is 10.9 Å². The van der Waals surface area contributed by atoms with E-state index in [0.717, 1.165) is 21.3 Å². The number of rotatable bonds is 6. The van der Waals surface area contributed by atoms with Gasteiger partial charge < -0.3 is 10.3 Å². The summed E-state index contributed by atoms with van der Waals surface area (Å²) in [5.74, 6) is -0.224. The highest BCUT2D eigenvalue weighted by Gasteiger charge is 2.18. The zero-order valence-electron chi connectivity index (χ0n) is 15.4. The number of thiophene rings is 1. The Kier molecular flexibility index (Phi) is 5.08. The topological polar surface area (TPSA) is 79.8 Å². The first kappa shape index (κ1) is 18.2. The van der Waals surface area contributed by atoms with E-state index in [-0.39, 0.29) is 11.5 Å². The maximum atomic E-state index is 12.6. The van der Waals surface area contributed by atoms with Crippen molar-refractivity contribution in [3.8, 4) is 10.6 Å². The van der Waals surface area contributed by atoms with E-state index in [0.29, 0.717) is 18.7 Å². The van der Waals surface area contributed by atoms with E-state index in [1.165, 1.54) is 10.7 Å². The minimum absolute atomic E-state index is 0.224. The summed E-state index contributed by atoms with van der Waals surface area (Å²) in [4.78, 5) is 29.0. The van der Waals surface area contributed by atoms with Crippen LogP contribution in [0.3, 0.4) is 0 Å². The number of hydrogen-bond acceptors (Lipinski definition) is 4. The average molecular weight is 392 g/mol. The van der Waals surface area contributed by atoms with Gasteiger partial charge in [0.15, 0.2) is 0 Å². The van der Waals surface area contributed by atoms with Crippen LogP contribution in [-0.2, 0) is 11.2 Å². The van der Waals surface area contributed by atoms with Crippen molar-refractivity contribution < 1.29 is 4.79 Å². The summed E-state index contributed by atoms with van der Waals surface area (Å²) in [5.41, 5.74) is 2.63. The molecule has 0 saturated carbocycles. The Morgan fingerprint density at radius 2 is 2.07 bits per heavy atom. The third-order valence-corrected chi connectivity index (χ3v) is 5.61. The van der Waals surface area contributed by atoms with Gasteiger partial charge in [-0.25, -0.2) is 4.68 Å². The van der Waals surface area contributed by atoms with E-state index < -0.39 is 6.04 Å². The molecule has 1 aromatic carbocycles. The fraction of sp³-hybridized carbons (Fsp3) is 0.190. The molecule has 0 aliphatic rings. The van der Waals surface area contributed by atoms with Gasteiger partial charge in [0.25, 0.3) is 5.56 Å². The third kappa shape index (κ3) is 3.61. The first-order valence-electron chi connectivity index (χ1n) is 9.10. The first-order chi connectivity index (χ1) is 13.6. The predicted octanol–water partition coefficient (Wildman–Crippen LogP) is 3.37. The maximum absolute atomic E-state index is 12.6. The standard InChI is InChI=1S/C21H20N4O2S/c1-14(25-20(26)9-8-18(24-25)19-7-4-12-28-19)21(27)22-11-10-15-13-23-17-6-3-2-5-16(15)17/h2-9,12-14,23H,10-11H2,1H3,(H,22,27). The molecule has 4 aromatic rings. The van der Waals surface area contributed by atoms with Crippen molar-refractivity contribution in [2.75, 3.05) is 6.54 Å². The molecule has 0 aliphatic heterocycles. The van der Waals surface area contributed by atoms with Crippen LogP contribution in [-0.4, -0.2) is 27.2 Å². The van der Waals surface area contributed by atoms with Crippen LogP contribution in [0.5, 0.6) is 0 Å². The molecule has 1 unspecified atom stereocenters. The van der Waals surface area contributed by atoms with Crippen LogP contribution in [0.4, 0.5) is 0 Å². The number of nitrogens with one attached hydrogen (secondary N) is 2. The van der Waals surface area contributed by atoms with Crippen LogP contribution in [0.2, 0.25) is 0 Å². The summed E-state index contributed by atoms with van der Waals surface area (Å²) >= 11 is 1.54. The number of fused-ring (bicyclic) bond motifs is 1. The highest BCUT2D eigenvalue weighted by molar-refractivity contribution is 7.13. The van der Waals surface area contributed by atoms with Crippen molar-refractivity contribution in [2.45, 2.75) is 19.4 Å². The number of benzene rings is 1. The van der Waals surface area contributed by atoms with Crippen molar-refractivity contribution in [1.29, 1.82) is 0 Å². The molecule has 0 aliphatic carbocycles. The molecule has 6 nitrogen and oxygen atoms in total. The molecule has 1 atom stereocenters. The summed E-state index contributed by atoms with van der Waals surface area (Å²) < 4.78 is 1.25. The minimum atomic E-state index is -0.685. The van der Waals surface area contributed by atoms with E-state index in [9.17, 15) is 9.59 Å². The van der Waals surface area contributed by atoms with Crippen molar-refractivity contribution in [3.05, 3.63) is 76.0 Å². The molecule has 0 saturated heterocycles. The molecule has 7 heteroatoms. The molecule has 28 heavy (non-hydrogen) atoms. The number of carbonyl (C=O) groups is 1. The van der Waals surface area contributed by atoms with Gasteiger partial charge in [-0.05, 0) is 42.5 Å². The van der Waals surface area contributed by atoms with Gasteiger partial charge in [0.05, 0.1) is 4.88 Å². The SMILES string of the molecule is CC(C(=O)NCCc1c[nH]c2ccccc12)n1nc(-c2cccs2)ccc1=O. The van der Waals surface area contributed by atoms with Crippen molar-refractivity contribution in [1.82, 2.24) is 20.1 Å². The van der Waals surface area contributed by atoms with Gasteiger partial charge in [0.1, 0.15) is 11.7 Å². The highest BCUT2D eigenvalue weighted by Crippen LogP contribution is 2.21.